The molecule has 39 heavy (non-hydrogen) atoms. The number of ether oxygens (including phenoxy) is 1. The second kappa shape index (κ2) is 11.1. The van der Waals surface area contributed by atoms with Crippen molar-refractivity contribution in [1.29, 1.82) is 0 Å². The van der Waals surface area contributed by atoms with Gasteiger partial charge < -0.3 is 15.0 Å². The zero-order chi connectivity index (χ0) is 27.7. The first-order chi connectivity index (χ1) is 18.8. The molecular formula is C29H26BrClN4O4. The number of imidazole rings is 1. The van der Waals surface area contributed by atoms with E-state index in [1.165, 1.54) is 4.57 Å². The van der Waals surface area contributed by atoms with Gasteiger partial charge in [-0.2, -0.15) is 0 Å². The van der Waals surface area contributed by atoms with Crippen molar-refractivity contribution in [2.45, 2.75) is 32.6 Å². The fourth-order valence-corrected chi connectivity index (χ4v) is 5.18. The number of rotatable bonds is 6. The van der Waals surface area contributed by atoms with Crippen LogP contribution in [0.15, 0.2) is 82.1 Å². The smallest absolute Gasteiger partial charge is 0.333 e. The molecule has 0 bridgehead atoms. The van der Waals surface area contributed by atoms with Crippen LogP contribution in [0, 0.1) is 0 Å². The molecule has 10 heteroatoms. The van der Waals surface area contributed by atoms with Gasteiger partial charge in [0.2, 0.25) is 0 Å². The summed E-state index contributed by atoms with van der Waals surface area (Å²) in [7, 11) is 1.56. The van der Waals surface area contributed by atoms with Crippen molar-refractivity contribution in [2.75, 3.05) is 7.11 Å². The number of halogens is 2. The number of fused-ring (bicyclic) bond motifs is 1. The second-order valence-electron chi connectivity index (χ2n) is 9.30. The molecule has 2 heterocycles. The lowest BCUT2D eigenvalue weighted by molar-refractivity contribution is 0.0610. The number of hydrogen-bond donors (Lipinski definition) is 1. The number of carbonyl (C=O) groups excluding carboxylic acids is 2. The highest BCUT2D eigenvalue weighted by Gasteiger charge is 2.35. The van der Waals surface area contributed by atoms with Gasteiger partial charge in [-0.15, -0.1) is 0 Å². The molecule has 2 amide bonds. The zero-order valence-corrected chi connectivity index (χ0v) is 23.7. The fraction of sp³-hybridized carbons (Fsp3) is 0.207. The third-order valence-corrected chi connectivity index (χ3v) is 8.05. The first-order valence-corrected chi connectivity index (χ1v) is 13.5. The van der Waals surface area contributed by atoms with Crippen molar-refractivity contribution in [3.63, 3.8) is 0 Å². The summed E-state index contributed by atoms with van der Waals surface area (Å²) in [5, 5.41) is 3.37. The van der Waals surface area contributed by atoms with Gasteiger partial charge in [0.05, 0.1) is 30.1 Å². The van der Waals surface area contributed by atoms with Crippen molar-refractivity contribution in [3.05, 3.63) is 115 Å². The molecular weight excluding hydrogens is 584 g/mol. The number of amides is 2. The third-order valence-electron chi connectivity index (χ3n) is 6.81. The van der Waals surface area contributed by atoms with Gasteiger partial charge in [-0.3, -0.25) is 18.7 Å². The number of nitrogens with one attached hydrogen (secondary N) is 1. The summed E-state index contributed by atoms with van der Waals surface area (Å²) >= 11 is 9.61. The van der Waals surface area contributed by atoms with Crippen LogP contribution in [0.25, 0.3) is 5.69 Å². The van der Waals surface area contributed by atoms with E-state index in [9.17, 15) is 14.4 Å². The molecule has 1 aromatic heterocycles. The standard InChI is InChI=1S/C29H26BrClN4O4/c1-18-16-34-25(17-33(18)28(37)20-8-13-23(30)24(31)14-20)26(27(36)32-15-19-6-4-3-5-7-19)35(29(34)38)21-9-11-22(39-2)12-10-21/h3-14,18H,15-17H2,1-2H3,(H,32,36)/t18-/m1/s1. The number of benzene rings is 3. The van der Waals surface area contributed by atoms with Crippen molar-refractivity contribution >= 4 is 39.3 Å². The van der Waals surface area contributed by atoms with E-state index in [0.717, 1.165) is 5.56 Å². The normalized spacial score (nSPS) is 14.6. The minimum atomic E-state index is -0.408. The Kier molecular flexibility index (Phi) is 7.63. The van der Waals surface area contributed by atoms with Crippen molar-refractivity contribution in [2.24, 2.45) is 0 Å². The molecule has 1 N–H and O–H groups in total. The Morgan fingerprint density at radius 2 is 1.79 bits per heavy atom. The molecule has 1 atom stereocenters. The van der Waals surface area contributed by atoms with E-state index in [-0.39, 0.29) is 43.0 Å². The Morgan fingerprint density at radius 1 is 1.08 bits per heavy atom. The summed E-state index contributed by atoms with van der Waals surface area (Å²) in [6.45, 7) is 2.50. The lowest BCUT2D eigenvalue weighted by atomic mass is 10.1. The van der Waals surface area contributed by atoms with Crippen LogP contribution in [0.3, 0.4) is 0 Å². The largest absolute Gasteiger partial charge is 0.497 e. The summed E-state index contributed by atoms with van der Waals surface area (Å²) in [6.07, 6.45) is 0. The maximum Gasteiger partial charge on any atom is 0.333 e. The maximum absolute atomic E-state index is 13.7. The molecule has 0 fully saturated rings. The first kappa shape index (κ1) is 26.8. The lowest BCUT2D eigenvalue weighted by Crippen LogP contribution is -2.47. The quantitative estimate of drug-likeness (QED) is 0.332. The second-order valence-corrected chi connectivity index (χ2v) is 10.6. The average Bonchev–Trinajstić information content (AvgIpc) is 3.24. The van der Waals surface area contributed by atoms with Crippen LogP contribution in [0.1, 0.15) is 39.0 Å². The summed E-state index contributed by atoms with van der Waals surface area (Å²) in [4.78, 5) is 42.6. The number of hydrogen-bond acceptors (Lipinski definition) is 4. The minimum absolute atomic E-state index is 0.0835. The molecule has 0 radical (unpaired) electrons. The Labute approximate surface area is 238 Å². The Hall–Kier alpha value is -3.82. The van der Waals surface area contributed by atoms with E-state index in [1.807, 2.05) is 37.3 Å². The summed E-state index contributed by atoms with van der Waals surface area (Å²) in [5.41, 5.74) is 2.20. The van der Waals surface area contributed by atoms with E-state index in [4.69, 9.17) is 16.3 Å². The van der Waals surface area contributed by atoms with Crippen LogP contribution in [0.4, 0.5) is 0 Å². The summed E-state index contributed by atoms with van der Waals surface area (Å²) in [5.74, 6) is -0.0120. The van der Waals surface area contributed by atoms with Gasteiger partial charge >= 0.3 is 5.69 Å². The van der Waals surface area contributed by atoms with Gasteiger partial charge in [0.25, 0.3) is 11.8 Å². The van der Waals surface area contributed by atoms with E-state index in [0.29, 0.717) is 32.2 Å². The van der Waals surface area contributed by atoms with Crippen molar-refractivity contribution in [1.82, 2.24) is 19.4 Å². The highest BCUT2D eigenvalue weighted by molar-refractivity contribution is 9.10. The molecule has 0 saturated carbocycles. The number of carbonyl (C=O) groups is 2. The first-order valence-electron chi connectivity index (χ1n) is 12.4. The molecule has 8 nitrogen and oxygen atoms in total. The topological polar surface area (TPSA) is 85.6 Å². The van der Waals surface area contributed by atoms with Crippen LogP contribution in [-0.4, -0.2) is 39.0 Å². The highest BCUT2D eigenvalue weighted by atomic mass is 79.9. The molecule has 3 aromatic carbocycles. The van der Waals surface area contributed by atoms with E-state index < -0.39 is 5.91 Å². The van der Waals surface area contributed by atoms with Crippen LogP contribution in [0.2, 0.25) is 5.02 Å². The highest BCUT2D eigenvalue weighted by Crippen LogP contribution is 2.28. The summed E-state index contributed by atoms with van der Waals surface area (Å²) in [6, 6.07) is 21.2. The zero-order valence-electron chi connectivity index (χ0n) is 21.4. The van der Waals surface area contributed by atoms with Crippen molar-refractivity contribution < 1.29 is 14.3 Å². The molecule has 200 valence electrons. The molecule has 0 saturated heterocycles. The molecule has 4 aromatic rings. The van der Waals surface area contributed by atoms with Gasteiger partial charge in [-0.05, 0) is 70.9 Å². The Balaban J connectivity index is 1.57. The van der Waals surface area contributed by atoms with E-state index in [2.05, 4.69) is 21.2 Å². The van der Waals surface area contributed by atoms with Gasteiger partial charge in [0, 0.05) is 29.2 Å². The molecule has 0 spiro atoms. The van der Waals surface area contributed by atoms with Crippen LogP contribution >= 0.6 is 27.5 Å². The minimum Gasteiger partial charge on any atom is -0.497 e. The van der Waals surface area contributed by atoms with Crippen LogP contribution in [0.5, 0.6) is 5.75 Å². The molecule has 1 aliphatic rings. The predicted octanol–water partition coefficient (Wildman–Crippen LogP) is 5.04. The SMILES string of the molecule is COc1ccc(-n2c(C(=O)NCc3ccccc3)c3n(c2=O)C[C@@H](C)N(C(=O)c2ccc(Br)c(Cl)c2)C3)cc1. The monoisotopic (exact) mass is 608 g/mol. The van der Waals surface area contributed by atoms with Gasteiger partial charge in [0.1, 0.15) is 11.4 Å². The average molecular weight is 610 g/mol. The fourth-order valence-electron chi connectivity index (χ4n) is 4.75. The lowest BCUT2D eigenvalue weighted by Gasteiger charge is -2.34. The Morgan fingerprint density at radius 3 is 2.46 bits per heavy atom. The van der Waals surface area contributed by atoms with E-state index in [1.54, 1.807) is 59.0 Å². The Bertz CT molecular complexity index is 1600. The maximum atomic E-state index is 13.7. The predicted molar refractivity (Wildman–Crippen MR) is 153 cm³/mol. The van der Waals surface area contributed by atoms with E-state index >= 15 is 0 Å². The van der Waals surface area contributed by atoms with Gasteiger partial charge in [-0.1, -0.05) is 41.9 Å². The molecule has 1 aliphatic heterocycles. The molecule has 0 unspecified atom stereocenters. The number of nitrogens with zero attached hydrogens (tertiary/aromatic N) is 3. The molecule has 5 rings (SSSR count). The third kappa shape index (κ3) is 5.24. The van der Waals surface area contributed by atoms with Crippen molar-refractivity contribution in [3.8, 4) is 11.4 Å². The van der Waals surface area contributed by atoms with Crippen LogP contribution in [-0.2, 0) is 19.6 Å². The number of methoxy groups -OCH3 is 1. The van der Waals surface area contributed by atoms with Crippen LogP contribution < -0.4 is 15.7 Å². The number of aromatic nitrogens is 2. The van der Waals surface area contributed by atoms with Gasteiger partial charge in [0.15, 0.2) is 0 Å². The molecule has 0 aliphatic carbocycles. The summed E-state index contributed by atoms with van der Waals surface area (Å²) < 4.78 is 8.95. The van der Waals surface area contributed by atoms with Gasteiger partial charge in [-0.25, -0.2) is 4.79 Å².